The summed E-state index contributed by atoms with van der Waals surface area (Å²) < 4.78 is 0. The van der Waals surface area contributed by atoms with Crippen molar-refractivity contribution in [2.75, 3.05) is 39.0 Å². The monoisotopic (exact) mass is 261 g/mol. The second-order valence-corrected chi connectivity index (χ2v) is 5.66. The van der Waals surface area contributed by atoms with E-state index in [0.717, 1.165) is 19.0 Å². The Labute approximate surface area is 117 Å². The predicted octanol–water partition coefficient (Wildman–Crippen LogP) is 2.55. The molecular formula is C16H27N3. The first-order valence-electron chi connectivity index (χ1n) is 7.44. The molecule has 2 rings (SSSR count). The molecule has 1 aliphatic heterocycles. The topological polar surface area (TPSA) is 27.3 Å². The molecule has 106 valence electrons. The van der Waals surface area contributed by atoms with Crippen LogP contribution in [0.5, 0.6) is 0 Å². The summed E-state index contributed by atoms with van der Waals surface area (Å²) >= 11 is 0. The van der Waals surface area contributed by atoms with Crippen molar-refractivity contribution in [1.29, 1.82) is 0 Å². The molecule has 1 aliphatic rings. The van der Waals surface area contributed by atoms with Crippen LogP contribution in [0.1, 0.15) is 24.8 Å². The highest BCUT2D eigenvalue weighted by molar-refractivity contribution is 5.43. The van der Waals surface area contributed by atoms with Crippen LogP contribution in [0.2, 0.25) is 0 Å². The third kappa shape index (κ3) is 4.84. The van der Waals surface area contributed by atoms with E-state index in [-0.39, 0.29) is 0 Å². The van der Waals surface area contributed by atoms with Gasteiger partial charge in [-0.05, 0) is 69.6 Å². The lowest BCUT2D eigenvalue weighted by atomic mass is 9.94. The smallest absolute Gasteiger partial charge is 0.0337 e. The van der Waals surface area contributed by atoms with Gasteiger partial charge in [0.15, 0.2) is 0 Å². The molecular weight excluding hydrogens is 234 g/mol. The first-order chi connectivity index (χ1) is 9.28. The van der Waals surface area contributed by atoms with E-state index < -0.39 is 0 Å². The van der Waals surface area contributed by atoms with E-state index in [9.17, 15) is 0 Å². The third-order valence-corrected chi connectivity index (χ3v) is 4.14. The van der Waals surface area contributed by atoms with Gasteiger partial charge in [0.1, 0.15) is 0 Å². The highest BCUT2D eigenvalue weighted by atomic mass is 15.1. The number of benzene rings is 1. The molecule has 0 atom stereocenters. The van der Waals surface area contributed by atoms with Crippen LogP contribution in [-0.4, -0.2) is 38.6 Å². The van der Waals surface area contributed by atoms with Gasteiger partial charge < -0.3 is 15.5 Å². The largest absolute Gasteiger partial charge is 0.388 e. The number of nitrogens with zero attached hydrogens (tertiary/aromatic N) is 1. The zero-order valence-corrected chi connectivity index (χ0v) is 12.3. The first kappa shape index (κ1) is 14.4. The molecule has 0 aromatic heterocycles. The molecule has 3 heteroatoms. The van der Waals surface area contributed by atoms with Gasteiger partial charge in [-0.3, -0.25) is 0 Å². The average Bonchev–Trinajstić information content (AvgIpc) is 2.46. The van der Waals surface area contributed by atoms with Crippen molar-refractivity contribution in [3.05, 3.63) is 29.8 Å². The summed E-state index contributed by atoms with van der Waals surface area (Å²) in [4.78, 5) is 2.44. The van der Waals surface area contributed by atoms with Crippen LogP contribution >= 0.6 is 0 Å². The Balaban J connectivity index is 1.61. The molecule has 0 aliphatic carbocycles. The molecule has 0 bridgehead atoms. The second kappa shape index (κ2) is 7.51. The maximum Gasteiger partial charge on any atom is 0.0337 e. The summed E-state index contributed by atoms with van der Waals surface area (Å²) in [7, 11) is 4.18. The molecule has 0 radical (unpaired) electrons. The number of anilines is 1. The molecule has 1 saturated heterocycles. The molecule has 0 unspecified atom stereocenters. The van der Waals surface area contributed by atoms with Gasteiger partial charge in [-0.15, -0.1) is 0 Å². The molecule has 3 nitrogen and oxygen atoms in total. The van der Waals surface area contributed by atoms with E-state index in [4.69, 9.17) is 0 Å². The second-order valence-electron chi connectivity index (χ2n) is 5.66. The fourth-order valence-electron chi connectivity index (χ4n) is 2.68. The Morgan fingerprint density at radius 2 is 1.84 bits per heavy atom. The SMILES string of the molecule is CNc1ccc(CNCCC2CCN(C)CC2)cc1. The van der Waals surface area contributed by atoms with Gasteiger partial charge in [-0.25, -0.2) is 0 Å². The number of piperidine rings is 1. The van der Waals surface area contributed by atoms with Crippen LogP contribution in [0.15, 0.2) is 24.3 Å². The standard InChI is InChI=1S/C16H27N3/c1-17-16-5-3-15(4-6-16)13-18-10-7-14-8-11-19(2)12-9-14/h3-6,14,17-18H,7-13H2,1-2H3. The molecule has 1 heterocycles. The maximum atomic E-state index is 3.56. The Morgan fingerprint density at radius 1 is 1.16 bits per heavy atom. The van der Waals surface area contributed by atoms with Gasteiger partial charge in [-0.1, -0.05) is 12.1 Å². The van der Waals surface area contributed by atoms with Crippen molar-refractivity contribution < 1.29 is 0 Å². The van der Waals surface area contributed by atoms with Crippen molar-refractivity contribution in [2.24, 2.45) is 5.92 Å². The van der Waals surface area contributed by atoms with E-state index >= 15 is 0 Å². The lowest BCUT2D eigenvalue weighted by Gasteiger charge is -2.28. The van der Waals surface area contributed by atoms with E-state index in [0.29, 0.717) is 0 Å². The first-order valence-corrected chi connectivity index (χ1v) is 7.44. The molecule has 1 aromatic carbocycles. The molecule has 2 N–H and O–H groups in total. The molecule has 1 aromatic rings. The Kier molecular flexibility index (Phi) is 5.67. The Hall–Kier alpha value is -1.06. The van der Waals surface area contributed by atoms with E-state index in [2.05, 4.69) is 46.8 Å². The molecule has 0 amide bonds. The fraction of sp³-hybridized carbons (Fsp3) is 0.625. The van der Waals surface area contributed by atoms with Gasteiger partial charge in [0.05, 0.1) is 0 Å². The number of hydrogen-bond acceptors (Lipinski definition) is 3. The van der Waals surface area contributed by atoms with E-state index in [1.165, 1.54) is 43.6 Å². The normalized spacial score (nSPS) is 17.6. The van der Waals surface area contributed by atoms with Crippen molar-refractivity contribution in [3.63, 3.8) is 0 Å². The number of hydrogen-bond donors (Lipinski definition) is 2. The van der Waals surface area contributed by atoms with Crippen molar-refractivity contribution in [3.8, 4) is 0 Å². The number of nitrogens with one attached hydrogen (secondary N) is 2. The quantitative estimate of drug-likeness (QED) is 0.771. The minimum atomic E-state index is 0.926. The van der Waals surface area contributed by atoms with Crippen LogP contribution in [0.4, 0.5) is 5.69 Å². The molecule has 1 fully saturated rings. The summed E-state index contributed by atoms with van der Waals surface area (Å²) in [5, 5.41) is 6.71. The number of rotatable bonds is 6. The summed E-state index contributed by atoms with van der Waals surface area (Å²) in [5.74, 6) is 0.926. The lowest BCUT2D eigenvalue weighted by Crippen LogP contribution is -2.31. The van der Waals surface area contributed by atoms with Crippen LogP contribution in [0.3, 0.4) is 0 Å². The number of likely N-dealkylation sites (tertiary alicyclic amines) is 1. The molecule has 0 saturated carbocycles. The van der Waals surface area contributed by atoms with E-state index in [1.807, 2.05) is 7.05 Å². The maximum absolute atomic E-state index is 3.56. The zero-order chi connectivity index (χ0) is 13.5. The van der Waals surface area contributed by atoms with Gasteiger partial charge >= 0.3 is 0 Å². The highest BCUT2D eigenvalue weighted by Crippen LogP contribution is 2.18. The highest BCUT2D eigenvalue weighted by Gasteiger charge is 2.15. The van der Waals surface area contributed by atoms with E-state index in [1.54, 1.807) is 0 Å². The molecule has 0 spiro atoms. The summed E-state index contributed by atoms with van der Waals surface area (Å²) in [6.07, 6.45) is 4.06. The van der Waals surface area contributed by atoms with Gasteiger partial charge in [-0.2, -0.15) is 0 Å². The minimum Gasteiger partial charge on any atom is -0.388 e. The van der Waals surface area contributed by atoms with Crippen molar-refractivity contribution >= 4 is 5.69 Å². The summed E-state index contributed by atoms with van der Waals surface area (Å²) in [5.41, 5.74) is 2.54. The predicted molar refractivity (Wildman–Crippen MR) is 82.5 cm³/mol. The van der Waals surface area contributed by atoms with Crippen molar-refractivity contribution in [2.45, 2.75) is 25.8 Å². The molecule has 19 heavy (non-hydrogen) atoms. The van der Waals surface area contributed by atoms with Gasteiger partial charge in [0, 0.05) is 19.3 Å². The average molecular weight is 261 g/mol. The minimum absolute atomic E-state index is 0.926. The summed E-state index contributed by atoms with van der Waals surface area (Å²) in [6.45, 7) is 4.67. The zero-order valence-electron chi connectivity index (χ0n) is 12.3. The van der Waals surface area contributed by atoms with Crippen LogP contribution < -0.4 is 10.6 Å². The lowest BCUT2D eigenvalue weighted by molar-refractivity contribution is 0.211. The summed E-state index contributed by atoms with van der Waals surface area (Å²) in [6, 6.07) is 8.64. The van der Waals surface area contributed by atoms with Gasteiger partial charge in [0.25, 0.3) is 0 Å². The van der Waals surface area contributed by atoms with Gasteiger partial charge in [0.2, 0.25) is 0 Å². The van der Waals surface area contributed by atoms with Crippen LogP contribution in [0.25, 0.3) is 0 Å². The van der Waals surface area contributed by atoms with Crippen LogP contribution in [-0.2, 0) is 6.54 Å². The third-order valence-electron chi connectivity index (χ3n) is 4.14. The van der Waals surface area contributed by atoms with Crippen molar-refractivity contribution in [1.82, 2.24) is 10.2 Å². The van der Waals surface area contributed by atoms with Crippen LogP contribution in [0, 0.1) is 5.92 Å². The fourth-order valence-corrected chi connectivity index (χ4v) is 2.68. The Bertz CT molecular complexity index is 353. The Morgan fingerprint density at radius 3 is 2.47 bits per heavy atom.